The summed E-state index contributed by atoms with van der Waals surface area (Å²) in [6, 6.07) is 3.52. The van der Waals surface area contributed by atoms with Crippen molar-refractivity contribution in [1.29, 1.82) is 0 Å². The van der Waals surface area contributed by atoms with Crippen molar-refractivity contribution < 1.29 is 5.21 Å². The first-order valence-electron chi connectivity index (χ1n) is 4.91. The summed E-state index contributed by atoms with van der Waals surface area (Å²) in [5.74, 6) is 0.940. The molecule has 15 heavy (non-hydrogen) atoms. The van der Waals surface area contributed by atoms with Crippen LogP contribution in [0.3, 0.4) is 0 Å². The number of hydrogen-bond acceptors (Lipinski definition) is 4. The number of amidine groups is 1. The first kappa shape index (κ1) is 11.3. The Balaban J connectivity index is 3.01. The van der Waals surface area contributed by atoms with E-state index in [1.54, 1.807) is 12.3 Å². The van der Waals surface area contributed by atoms with Crippen LogP contribution in [0.2, 0.25) is 0 Å². The average molecular weight is 208 g/mol. The van der Waals surface area contributed by atoms with E-state index in [4.69, 9.17) is 10.9 Å². The largest absolute Gasteiger partial charge is 0.409 e. The fourth-order valence-corrected chi connectivity index (χ4v) is 1.36. The fourth-order valence-electron chi connectivity index (χ4n) is 1.36. The van der Waals surface area contributed by atoms with Crippen molar-refractivity contribution in [3.63, 3.8) is 0 Å². The third-order valence-electron chi connectivity index (χ3n) is 2.24. The number of aromatic nitrogens is 1. The minimum Gasteiger partial charge on any atom is -0.409 e. The third-order valence-corrected chi connectivity index (χ3v) is 2.24. The van der Waals surface area contributed by atoms with E-state index in [0.29, 0.717) is 5.56 Å². The summed E-state index contributed by atoms with van der Waals surface area (Å²) in [7, 11) is 0. The average Bonchev–Trinajstić information content (AvgIpc) is 2.30. The molecule has 0 radical (unpaired) electrons. The van der Waals surface area contributed by atoms with Crippen LogP contribution in [0.25, 0.3) is 0 Å². The Morgan fingerprint density at radius 1 is 1.53 bits per heavy atom. The lowest BCUT2D eigenvalue weighted by molar-refractivity contribution is 0.318. The molecule has 0 spiro atoms. The Morgan fingerprint density at radius 3 is 2.73 bits per heavy atom. The Hall–Kier alpha value is -1.78. The Kier molecular flexibility index (Phi) is 3.91. The maximum absolute atomic E-state index is 8.56. The molecule has 0 aliphatic rings. The van der Waals surface area contributed by atoms with Crippen molar-refractivity contribution in [2.45, 2.75) is 13.8 Å². The molecule has 0 atom stereocenters. The van der Waals surface area contributed by atoms with E-state index in [1.807, 2.05) is 6.07 Å². The second-order valence-electron chi connectivity index (χ2n) is 3.06. The van der Waals surface area contributed by atoms with Gasteiger partial charge in [0.1, 0.15) is 5.82 Å². The van der Waals surface area contributed by atoms with Crippen LogP contribution in [-0.4, -0.2) is 29.1 Å². The number of nitrogens with zero attached hydrogens (tertiary/aromatic N) is 3. The molecule has 0 saturated heterocycles. The van der Waals surface area contributed by atoms with Crippen LogP contribution in [-0.2, 0) is 0 Å². The number of hydrogen-bond donors (Lipinski definition) is 2. The zero-order chi connectivity index (χ0) is 11.3. The molecular weight excluding hydrogens is 192 g/mol. The van der Waals surface area contributed by atoms with Gasteiger partial charge in [0.2, 0.25) is 0 Å². The lowest BCUT2D eigenvalue weighted by Crippen LogP contribution is -2.23. The molecule has 82 valence electrons. The number of rotatable bonds is 4. The summed E-state index contributed by atoms with van der Waals surface area (Å²) in [6.45, 7) is 5.87. The number of oxime groups is 1. The molecule has 0 unspecified atom stereocenters. The molecule has 3 N–H and O–H groups in total. The molecule has 0 aromatic carbocycles. The summed E-state index contributed by atoms with van der Waals surface area (Å²) >= 11 is 0. The molecule has 0 saturated carbocycles. The van der Waals surface area contributed by atoms with Crippen LogP contribution < -0.4 is 10.6 Å². The molecule has 1 aromatic rings. The zero-order valence-corrected chi connectivity index (χ0v) is 9.01. The van der Waals surface area contributed by atoms with Gasteiger partial charge in [0.25, 0.3) is 0 Å². The minimum absolute atomic E-state index is 0.103. The van der Waals surface area contributed by atoms with Gasteiger partial charge in [-0.1, -0.05) is 5.16 Å². The molecule has 0 amide bonds. The van der Waals surface area contributed by atoms with Gasteiger partial charge in [-0.05, 0) is 26.0 Å². The van der Waals surface area contributed by atoms with Gasteiger partial charge in [0, 0.05) is 24.8 Å². The molecule has 5 nitrogen and oxygen atoms in total. The van der Waals surface area contributed by atoms with E-state index >= 15 is 0 Å². The van der Waals surface area contributed by atoms with E-state index < -0.39 is 0 Å². The normalized spacial score (nSPS) is 11.5. The predicted molar refractivity (Wildman–Crippen MR) is 60.3 cm³/mol. The molecular formula is C10H16N4O. The Labute approximate surface area is 89.2 Å². The SMILES string of the molecule is CCN(CC)c1cc(/C(N)=N/O)ccn1. The summed E-state index contributed by atoms with van der Waals surface area (Å²) in [4.78, 5) is 6.32. The standard InChI is InChI=1S/C10H16N4O/c1-3-14(4-2)9-7-8(5-6-12-9)10(11)13-15/h5-7,15H,3-4H2,1-2H3,(H2,11,13). The van der Waals surface area contributed by atoms with Crippen molar-refractivity contribution in [1.82, 2.24) is 4.98 Å². The summed E-state index contributed by atoms with van der Waals surface area (Å²) in [5.41, 5.74) is 6.18. The topological polar surface area (TPSA) is 74.7 Å². The molecule has 0 bridgehead atoms. The van der Waals surface area contributed by atoms with Crippen LogP contribution in [0.1, 0.15) is 19.4 Å². The van der Waals surface area contributed by atoms with E-state index in [-0.39, 0.29) is 5.84 Å². The van der Waals surface area contributed by atoms with Gasteiger partial charge in [0.15, 0.2) is 5.84 Å². The minimum atomic E-state index is 0.103. The maximum Gasteiger partial charge on any atom is 0.170 e. The Morgan fingerprint density at radius 2 is 2.20 bits per heavy atom. The number of nitrogens with two attached hydrogens (primary N) is 1. The molecule has 0 fully saturated rings. The first-order chi connectivity index (χ1) is 7.22. The van der Waals surface area contributed by atoms with Gasteiger partial charge in [-0.2, -0.15) is 0 Å². The van der Waals surface area contributed by atoms with Crippen LogP contribution in [0.5, 0.6) is 0 Å². The number of anilines is 1. The van der Waals surface area contributed by atoms with Gasteiger partial charge >= 0.3 is 0 Å². The molecule has 1 rings (SSSR count). The molecule has 1 heterocycles. The van der Waals surface area contributed by atoms with E-state index in [2.05, 4.69) is 28.9 Å². The van der Waals surface area contributed by atoms with E-state index in [9.17, 15) is 0 Å². The highest BCUT2D eigenvalue weighted by atomic mass is 16.4. The zero-order valence-electron chi connectivity index (χ0n) is 9.01. The Bertz CT molecular complexity index is 347. The quantitative estimate of drug-likeness (QED) is 0.335. The predicted octanol–water partition coefficient (Wildman–Crippen LogP) is 1.02. The lowest BCUT2D eigenvalue weighted by atomic mass is 10.2. The van der Waals surface area contributed by atoms with Gasteiger partial charge < -0.3 is 15.8 Å². The van der Waals surface area contributed by atoms with Crippen LogP contribution in [0.15, 0.2) is 23.5 Å². The molecule has 0 aliphatic carbocycles. The van der Waals surface area contributed by atoms with Crippen molar-refractivity contribution in [3.05, 3.63) is 23.9 Å². The van der Waals surface area contributed by atoms with Crippen molar-refractivity contribution >= 4 is 11.7 Å². The maximum atomic E-state index is 8.56. The van der Waals surface area contributed by atoms with Crippen LogP contribution in [0.4, 0.5) is 5.82 Å². The fraction of sp³-hybridized carbons (Fsp3) is 0.400. The van der Waals surface area contributed by atoms with Crippen LogP contribution >= 0.6 is 0 Å². The second kappa shape index (κ2) is 5.19. The molecule has 0 aliphatic heterocycles. The van der Waals surface area contributed by atoms with Crippen molar-refractivity contribution in [2.24, 2.45) is 10.9 Å². The third kappa shape index (κ3) is 2.59. The highest BCUT2D eigenvalue weighted by Crippen LogP contribution is 2.11. The molecule has 1 aromatic heterocycles. The molecule has 5 heteroatoms. The van der Waals surface area contributed by atoms with Crippen molar-refractivity contribution in [3.8, 4) is 0 Å². The van der Waals surface area contributed by atoms with Gasteiger partial charge in [-0.3, -0.25) is 0 Å². The van der Waals surface area contributed by atoms with E-state index in [1.165, 1.54) is 0 Å². The first-order valence-corrected chi connectivity index (χ1v) is 4.91. The number of pyridine rings is 1. The highest BCUT2D eigenvalue weighted by molar-refractivity contribution is 5.97. The highest BCUT2D eigenvalue weighted by Gasteiger charge is 2.05. The summed E-state index contributed by atoms with van der Waals surface area (Å²) in [6.07, 6.45) is 1.65. The van der Waals surface area contributed by atoms with Gasteiger partial charge in [-0.15, -0.1) is 0 Å². The van der Waals surface area contributed by atoms with E-state index in [0.717, 1.165) is 18.9 Å². The summed E-state index contributed by atoms with van der Waals surface area (Å²) < 4.78 is 0. The summed E-state index contributed by atoms with van der Waals surface area (Å²) in [5, 5.41) is 11.5. The van der Waals surface area contributed by atoms with Gasteiger partial charge in [0.05, 0.1) is 0 Å². The van der Waals surface area contributed by atoms with Crippen molar-refractivity contribution in [2.75, 3.05) is 18.0 Å². The monoisotopic (exact) mass is 208 g/mol. The lowest BCUT2D eigenvalue weighted by Gasteiger charge is -2.19. The van der Waals surface area contributed by atoms with Crippen LogP contribution in [0, 0.1) is 0 Å². The van der Waals surface area contributed by atoms with Gasteiger partial charge in [-0.25, -0.2) is 4.98 Å². The second-order valence-corrected chi connectivity index (χ2v) is 3.06. The smallest absolute Gasteiger partial charge is 0.170 e.